The molecule has 1 amide bonds. The van der Waals surface area contributed by atoms with E-state index in [0.717, 1.165) is 11.1 Å². The first-order valence-corrected chi connectivity index (χ1v) is 8.93. The highest BCUT2D eigenvalue weighted by Crippen LogP contribution is 2.40. The van der Waals surface area contributed by atoms with Gasteiger partial charge in [0.2, 0.25) is 5.75 Å². The van der Waals surface area contributed by atoms with Gasteiger partial charge in [-0.25, -0.2) is 0 Å². The van der Waals surface area contributed by atoms with Crippen molar-refractivity contribution in [3.05, 3.63) is 41.0 Å². The van der Waals surface area contributed by atoms with Gasteiger partial charge in [-0.05, 0) is 42.3 Å². The Morgan fingerprint density at radius 3 is 2.29 bits per heavy atom. The number of amides is 1. The molecular weight excluding hydrogens is 362 g/mol. The van der Waals surface area contributed by atoms with Crippen molar-refractivity contribution >= 4 is 5.91 Å². The van der Waals surface area contributed by atoms with E-state index in [1.54, 1.807) is 45.4 Å². The minimum atomic E-state index is -0.149. The summed E-state index contributed by atoms with van der Waals surface area (Å²) in [4.78, 5) is 14.6. The van der Waals surface area contributed by atoms with E-state index in [1.165, 1.54) is 0 Å². The minimum absolute atomic E-state index is 0.149. The van der Waals surface area contributed by atoms with E-state index in [-0.39, 0.29) is 5.91 Å². The van der Waals surface area contributed by atoms with Crippen LogP contribution < -0.4 is 23.7 Å². The summed E-state index contributed by atoms with van der Waals surface area (Å²) in [7, 11) is 6.48. The maximum absolute atomic E-state index is 13.0. The van der Waals surface area contributed by atoms with E-state index >= 15 is 0 Å². The van der Waals surface area contributed by atoms with Crippen molar-refractivity contribution in [1.82, 2.24) is 4.90 Å². The highest BCUT2D eigenvalue weighted by molar-refractivity contribution is 5.95. The SMILES string of the molecule is COc1cc(C)c(CN(C)C(=O)c2cc(OC)c3c(c2)OCCO3)cc1OC. The summed E-state index contributed by atoms with van der Waals surface area (Å²) in [6.07, 6.45) is 0. The number of nitrogens with zero attached hydrogens (tertiary/aromatic N) is 1. The lowest BCUT2D eigenvalue weighted by Crippen LogP contribution is -2.27. The fourth-order valence-corrected chi connectivity index (χ4v) is 3.14. The minimum Gasteiger partial charge on any atom is -0.493 e. The second-order valence-electron chi connectivity index (χ2n) is 6.50. The highest BCUT2D eigenvalue weighted by Gasteiger charge is 2.23. The lowest BCUT2D eigenvalue weighted by Gasteiger charge is -2.23. The monoisotopic (exact) mass is 387 g/mol. The number of methoxy groups -OCH3 is 3. The normalized spacial score (nSPS) is 12.3. The summed E-state index contributed by atoms with van der Waals surface area (Å²) in [6.45, 7) is 3.29. The Labute approximate surface area is 164 Å². The predicted molar refractivity (Wildman–Crippen MR) is 104 cm³/mol. The number of hydrogen-bond acceptors (Lipinski definition) is 6. The van der Waals surface area contributed by atoms with Crippen LogP contribution in [0.25, 0.3) is 0 Å². The van der Waals surface area contributed by atoms with Crippen LogP contribution in [0.4, 0.5) is 0 Å². The van der Waals surface area contributed by atoms with E-state index < -0.39 is 0 Å². The molecule has 0 aliphatic carbocycles. The van der Waals surface area contributed by atoms with Crippen LogP contribution in [0.3, 0.4) is 0 Å². The molecule has 0 aromatic heterocycles. The third-order valence-electron chi connectivity index (χ3n) is 4.67. The molecule has 0 saturated carbocycles. The zero-order valence-corrected chi connectivity index (χ0v) is 16.8. The number of fused-ring (bicyclic) bond motifs is 1. The Morgan fingerprint density at radius 1 is 0.964 bits per heavy atom. The summed E-state index contributed by atoms with van der Waals surface area (Å²) >= 11 is 0. The quantitative estimate of drug-likeness (QED) is 0.759. The number of ether oxygens (including phenoxy) is 5. The van der Waals surface area contributed by atoms with Gasteiger partial charge >= 0.3 is 0 Å². The Morgan fingerprint density at radius 2 is 1.61 bits per heavy atom. The Balaban J connectivity index is 1.86. The van der Waals surface area contributed by atoms with E-state index in [2.05, 4.69) is 0 Å². The van der Waals surface area contributed by atoms with Gasteiger partial charge in [-0.15, -0.1) is 0 Å². The van der Waals surface area contributed by atoms with Crippen molar-refractivity contribution in [2.75, 3.05) is 41.6 Å². The molecule has 0 N–H and O–H groups in total. The molecule has 2 aromatic rings. The van der Waals surface area contributed by atoms with Crippen LogP contribution >= 0.6 is 0 Å². The molecule has 0 radical (unpaired) electrons. The molecule has 0 atom stereocenters. The summed E-state index contributed by atoms with van der Waals surface area (Å²) in [6, 6.07) is 7.16. The fourth-order valence-electron chi connectivity index (χ4n) is 3.14. The number of benzene rings is 2. The molecular formula is C21H25NO6. The van der Waals surface area contributed by atoms with E-state index in [9.17, 15) is 4.79 Å². The Hall–Kier alpha value is -3.09. The molecule has 3 rings (SSSR count). The maximum atomic E-state index is 13.0. The van der Waals surface area contributed by atoms with Gasteiger partial charge < -0.3 is 28.6 Å². The largest absolute Gasteiger partial charge is 0.493 e. The molecule has 0 saturated heterocycles. The molecule has 150 valence electrons. The Kier molecular flexibility index (Phi) is 5.82. The molecule has 28 heavy (non-hydrogen) atoms. The average Bonchev–Trinajstić information content (AvgIpc) is 2.73. The second-order valence-corrected chi connectivity index (χ2v) is 6.50. The van der Waals surface area contributed by atoms with Gasteiger partial charge in [0.15, 0.2) is 23.0 Å². The standard InChI is InChI=1S/C21H25NO6/c1-13-8-16(24-3)17(25-4)11-15(13)12-22(2)21(23)14-9-18(26-5)20-19(10-14)27-6-7-28-20/h8-11H,6-7,12H2,1-5H3. The van der Waals surface area contributed by atoms with Gasteiger partial charge in [0.1, 0.15) is 13.2 Å². The number of carbonyl (C=O) groups excluding carboxylic acids is 1. The Bertz CT molecular complexity index is 862. The first-order chi connectivity index (χ1) is 13.5. The van der Waals surface area contributed by atoms with E-state index in [1.807, 2.05) is 19.1 Å². The van der Waals surface area contributed by atoms with Crippen LogP contribution in [0.2, 0.25) is 0 Å². The van der Waals surface area contributed by atoms with Crippen molar-refractivity contribution < 1.29 is 28.5 Å². The van der Waals surface area contributed by atoms with Crippen LogP contribution in [-0.4, -0.2) is 52.4 Å². The van der Waals surface area contributed by atoms with Crippen LogP contribution in [0, 0.1) is 6.92 Å². The highest BCUT2D eigenvalue weighted by atomic mass is 16.6. The van der Waals surface area contributed by atoms with Gasteiger partial charge in [-0.2, -0.15) is 0 Å². The molecule has 0 fully saturated rings. The van der Waals surface area contributed by atoms with Gasteiger partial charge in [0.25, 0.3) is 5.91 Å². The molecule has 0 spiro atoms. The molecule has 1 heterocycles. The van der Waals surface area contributed by atoms with Gasteiger partial charge in [0.05, 0.1) is 21.3 Å². The number of hydrogen-bond donors (Lipinski definition) is 0. The first kappa shape index (κ1) is 19.7. The smallest absolute Gasteiger partial charge is 0.254 e. The molecule has 0 bridgehead atoms. The van der Waals surface area contributed by atoms with Crippen molar-refractivity contribution in [3.63, 3.8) is 0 Å². The zero-order chi connectivity index (χ0) is 20.3. The number of carbonyl (C=O) groups is 1. The fraction of sp³-hybridized carbons (Fsp3) is 0.381. The summed E-state index contributed by atoms with van der Waals surface area (Å²) < 4.78 is 27.3. The third kappa shape index (κ3) is 3.78. The maximum Gasteiger partial charge on any atom is 0.254 e. The van der Waals surface area contributed by atoms with Crippen LogP contribution in [-0.2, 0) is 6.54 Å². The van der Waals surface area contributed by atoms with E-state index in [4.69, 9.17) is 23.7 Å². The molecule has 1 aliphatic rings. The molecule has 2 aromatic carbocycles. The molecule has 1 aliphatic heterocycles. The van der Waals surface area contributed by atoms with Crippen LogP contribution in [0.15, 0.2) is 24.3 Å². The van der Waals surface area contributed by atoms with Crippen molar-refractivity contribution in [2.24, 2.45) is 0 Å². The van der Waals surface area contributed by atoms with Gasteiger partial charge in [-0.1, -0.05) is 0 Å². The van der Waals surface area contributed by atoms with Crippen molar-refractivity contribution in [2.45, 2.75) is 13.5 Å². The lowest BCUT2D eigenvalue weighted by atomic mass is 10.1. The average molecular weight is 387 g/mol. The van der Waals surface area contributed by atoms with Crippen LogP contribution in [0.5, 0.6) is 28.7 Å². The first-order valence-electron chi connectivity index (χ1n) is 8.93. The van der Waals surface area contributed by atoms with Gasteiger partial charge in [0, 0.05) is 19.2 Å². The molecule has 0 unspecified atom stereocenters. The van der Waals surface area contributed by atoms with Crippen LogP contribution in [0.1, 0.15) is 21.5 Å². The number of aryl methyl sites for hydroxylation is 1. The zero-order valence-electron chi connectivity index (χ0n) is 16.8. The van der Waals surface area contributed by atoms with E-state index in [0.29, 0.717) is 54.1 Å². The predicted octanol–water partition coefficient (Wildman–Crippen LogP) is 3.06. The summed E-state index contributed by atoms with van der Waals surface area (Å²) in [5, 5.41) is 0. The second kappa shape index (κ2) is 8.29. The number of rotatable bonds is 6. The summed E-state index contributed by atoms with van der Waals surface area (Å²) in [5.41, 5.74) is 2.46. The summed E-state index contributed by atoms with van der Waals surface area (Å²) in [5.74, 6) is 2.67. The molecule has 7 nitrogen and oxygen atoms in total. The molecule has 7 heteroatoms. The van der Waals surface area contributed by atoms with Crippen molar-refractivity contribution in [3.8, 4) is 28.7 Å². The van der Waals surface area contributed by atoms with Gasteiger partial charge in [-0.3, -0.25) is 4.79 Å². The van der Waals surface area contributed by atoms with Crippen molar-refractivity contribution in [1.29, 1.82) is 0 Å². The lowest BCUT2D eigenvalue weighted by molar-refractivity contribution is 0.0783. The third-order valence-corrected chi connectivity index (χ3v) is 4.67. The topological polar surface area (TPSA) is 66.5 Å².